The monoisotopic (exact) mass is 692 g/mol. The highest BCUT2D eigenvalue weighted by atomic mass is 35.5. The minimum Gasteiger partial charge on any atom is -0.461 e. The van der Waals surface area contributed by atoms with Gasteiger partial charge in [0.2, 0.25) is 12.0 Å². The Balaban J connectivity index is 1.22. The normalized spacial score (nSPS) is 12.5. The fourth-order valence-electron chi connectivity index (χ4n) is 5.86. The topological polar surface area (TPSA) is 113 Å². The Morgan fingerprint density at radius 3 is 2.18 bits per heavy atom. The average molecular weight is 693 g/mol. The predicted octanol–water partition coefficient (Wildman–Crippen LogP) is 5.84. The number of aromatic nitrogens is 5. The lowest BCUT2D eigenvalue weighted by atomic mass is 10.2. The van der Waals surface area contributed by atoms with E-state index in [-0.39, 0.29) is 24.1 Å². The number of ether oxygens (including phenoxy) is 2. The number of nitrogens with one attached hydrogen (secondary N) is 1. The summed E-state index contributed by atoms with van der Waals surface area (Å²) in [6.45, 7) is 7.13. The first-order valence-corrected chi connectivity index (χ1v) is 18.2. The average Bonchev–Trinajstić information content (AvgIpc) is 3.55. The molecule has 0 aliphatic rings. The number of fused-ring (bicyclic) bond motifs is 1. The molecule has 250 valence electrons. The van der Waals surface area contributed by atoms with E-state index in [0.29, 0.717) is 34.2 Å². The molecule has 0 radical (unpaired) electrons. The second-order valence-corrected chi connectivity index (χ2v) is 17.0. The molecule has 1 amide bonds. The standard InChI is InChI=1S/C37H37ClN6O4Si/c1-37(2,3)49(27-14-6-4-7-15-27,28-16-8-5-9-17-28)47-23-22-46-25-32(35(45)43-33-20-12-13-21-39-33)48-36-29-24-42-44(34(29)40-26-41-36)31-19-11-10-18-30(31)38/h4-21,24,26,32H,22-23,25H2,1-3H3,(H,39,43,45). The highest BCUT2D eigenvalue weighted by Gasteiger charge is 2.50. The van der Waals surface area contributed by atoms with Crippen molar-refractivity contribution in [3.8, 4) is 11.6 Å². The van der Waals surface area contributed by atoms with Crippen LogP contribution in [0.25, 0.3) is 16.7 Å². The molecule has 1 N–H and O–H groups in total. The van der Waals surface area contributed by atoms with Gasteiger partial charge in [-0.25, -0.2) is 19.6 Å². The third kappa shape index (κ3) is 7.40. The largest absolute Gasteiger partial charge is 0.461 e. The van der Waals surface area contributed by atoms with E-state index in [1.807, 2.05) is 30.3 Å². The van der Waals surface area contributed by atoms with E-state index in [1.165, 1.54) is 16.7 Å². The third-order valence-corrected chi connectivity index (χ3v) is 13.5. The first-order chi connectivity index (χ1) is 23.8. The molecule has 3 heterocycles. The highest BCUT2D eigenvalue weighted by molar-refractivity contribution is 6.99. The summed E-state index contributed by atoms with van der Waals surface area (Å²) in [5.74, 6) is 0.115. The van der Waals surface area contributed by atoms with E-state index in [9.17, 15) is 4.79 Å². The number of carbonyl (C=O) groups is 1. The molecule has 10 nitrogen and oxygen atoms in total. The number of nitrogens with zero attached hydrogens (tertiary/aromatic N) is 5. The smallest absolute Gasteiger partial charge is 0.269 e. The van der Waals surface area contributed by atoms with Crippen molar-refractivity contribution in [2.45, 2.75) is 31.9 Å². The summed E-state index contributed by atoms with van der Waals surface area (Å²) in [7, 11) is -2.76. The SMILES string of the molecule is CC(C)(C)[Si](OCCOCC(Oc1ncnc2c1cnn2-c1ccccc1Cl)C(=O)Nc1ccccn1)(c1ccccc1)c1ccccc1. The van der Waals surface area contributed by atoms with Gasteiger partial charge in [0.25, 0.3) is 14.2 Å². The molecule has 0 spiro atoms. The molecule has 6 aromatic rings. The maximum atomic E-state index is 13.6. The van der Waals surface area contributed by atoms with E-state index < -0.39 is 20.3 Å². The summed E-state index contributed by atoms with van der Waals surface area (Å²) in [6.07, 6.45) is 3.46. The van der Waals surface area contributed by atoms with Crippen LogP contribution < -0.4 is 20.4 Å². The van der Waals surface area contributed by atoms with Crippen LogP contribution in [0, 0.1) is 0 Å². The molecule has 3 aromatic carbocycles. The highest BCUT2D eigenvalue weighted by Crippen LogP contribution is 2.36. The van der Waals surface area contributed by atoms with Crippen LogP contribution in [0.2, 0.25) is 10.1 Å². The van der Waals surface area contributed by atoms with Gasteiger partial charge >= 0.3 is 0 Å². The number of anilines is 1. The fraction of sp³-hybridized carbons (Fsp3) is 0.216. The van der Waals surface area contributed by atoms with Crippen molar-refractivity contribution in [2.75, 3.05) is 25.1 Å². The number of hydrogen-bond acceptors (Lipinski definition) is 8. The summed E-state index contributed by atoms with van der Waals surface area (Å²) in [6, 6.07) is 33.4. The molecule has 3 aromatic heterocycles. The Bertz CT molecular complexity index is 1950. The first-order valence-electron chi connectivity index (χ1n) is 15.9. The van der Waals surface area contributed by atoms with E-state index in [2.05, 4.69) is 94.7 Å². The van der Waals surface area contributed by atoms with Crippen LogP contribution in [0.3, 0.4) is 0 Å². The number of benzene rings is 3. The lowest BCUT2D eigenvalue weighted by Gasteiger charge is -2.43. The number of carbonyl (C=O) groups excluding carboxylic acids is 1. The second-order valence-electron chi connectivity index (χ2n) is 12.3. The lowest BCUT2D eigenvalue weighted by molar-refractivity contribution is -0.125. The number of halogens is 1. The van der Waals surface area contributed by atoms with Gasteiger partial charge in [-0.1, -0.05) is 111 Å². The number of hydrogen-bond donors (Lipinski definition) is 1. The summed E-state index contributed by atoms with van der Waals surface area (Å²) in [5.41, 5.74) is 1.12. The molecule has 0 fully saturated rings. The fourth-order valence-corrected chi connectivity index (χ4v) is 10.6. The number of amides is 1. The van der Waals surface area contributed by atoms with Gasteiger partial charge in [-0.3, -0.25) is 4.79 Å². The van der Waals surface area contributed by atoms with Crippen molar-refractivity contribution < 1.29 is 18.7 Å². The maximum absolute atomic E-state index is 13.6. The first kappa shape index (κ1) is 33.9. The van der Waals surface area contributed by atoms with E-state index in [1.54, 1.807) is 41.3 Å². The molecule has 6 rings (SSSR count). The van der Waals surface area contributed by atoms with E-state index >= 15 is 0 Å². The summed E-state index contributed by atoms with van der Waals surface area (Å²) in [4.78, 5) is 26.6. The van der Waals surface area contributed by atoms with Gasteiger partial charge in [-0.2, -0.15) is 5.10 Å². The molecule has 0 aliphatic carbocycles. The minimum absolute atomic E-state index is 0.0765. The Morgan fingerprint density at radius 2 is 1.53 bits per heavy atom. The minimum atomic E-state index is -2.76. The number of pyridine rings is 1. The van der Waals surface area contributed by atoms with Crippen LogP contribution >= 0.6 is 11.6 Å². The molecule has 0 saturated carbocycles. The summed E-state index contributed by atoms with van der Waals surface area (Å²) in [5, 5.41) is 10.5. The van der Waals surface area contributed by atoms with Crippen molar-refractivity contribution in [2.24, 2.45) is 0 Å². The molecule has 1 atom stereocenters. The van der Waals surface area contributed by atoms with Crippen LogP contribution in [0.15, 0.2) is 122 Å². The van der Waals surface area contributed by atoms with Gasteiger partial charge in [0.05, 0.1) is 36.7 Å². The maximum Gasteiger partial charge on any atom is 0.269 e. The van der Waals surface area contributed by atoms with Crippen LogP contribution in [0.4, 0.5) is 5.82 Å². The van der Waals surface area contributed by atoms with Crippen molar-refractivity contribution in [3.05, 3.63) is 127 Å². The Hall–Kier alpha value is -4.94. The van der Waals surface area contributed by atoms with Crippen molar-refractivity contribution in [1.82, 2.24) is 24.7 Å². The molecule has 0 bridgehead atoms. The van der Waals surface area contributed by atoms with Crippen LogP contribution in [-0.4, -0.2) is 64.9 Å². The van der Waals surface area contributed by atoms with Gasteiger partial charge in [-0.15, -0.1) is 0 Å². The van der Waals surface area contributed by atoms with Crippen molar-refractivity contribution in [1.29, 1.82) is 0 Å². The van der Waals surface area contributed by atoms with Crippen LogP contribution in [-0.2, 0) is 14.0 Å². The van der Waals surface area contributed by atoms with E-state index in [4.69, 9.17) is 25.5 Å². The third-order valence-electron chi connectivity index (χ3n) is 8.10. The Morgan fingerprint density at radius 1 is 0.857 bits per heavy atom. The zero-order valence-electron chi connectivity index (χ0n) is 27.5. The summed E-state index contributed by atoms with van der Waals surface area (Å²) < 4.78 is 20.9. The Labute approximate surface area is 291 Å². The van der Waals surface area contributed by atoms with Gasteiger partial charge in [0.1, 0.15) is 17.5 Å². The Kier molecular flexibility index (Phi) is 10.4. The second kappa shape index (κ2) is 15.1. The number of rotatable bonds is 13. The molecule has 0 aliphatic heterocycles. The van der Waals surface area contributed by atoms with Crippen LogP contribution in [0.1, 0.15) is 20.8 Å². The lowest BCUT2D eigenvalue weighted by Crippen LogP contribution is -2.66. The van der Waals surface area contributed by atoms with Gasteiger partial charge in [0.15, 0.2) is 5.65 Å². The quantitative estimate of drug-likeness (QED) is 0.119. The zero-order valence-corrected chi connectivity index (χ0v) is 29.2. The van der Waals surface area contributed by atoms with Crippen LogP contribution in [0.5, 0.6) is 5.88 Å². The van der Waals surface area contributed by atoms with Crippen molar-refractivity contribution >= 4 is 53.1 Å². The molecule has 49 heavy (non-hydrogen) atoms. The van der Waals surface area contributed by atoms with Crippen molar-refractivity contribution in [3.63, 3.8) is 0 Å². The zero-order chi connectivity index (χ0) is 34.3. The molecule has 0 saturated heterocycles. The summed E-state index contributed by atoms with van der Waals surface area (Å²) >= 11 is 6.45. The van der Waals surface area contributed by atoms with Gasteiger partial charge in [-0.05, 0) is 39.7 Å². The molecular formula is C37H37ClN6O4Si. The predicted molar refractivity (Wildman–Crippen MR) is 193 cm³/mol. The molecule has 1 unspecified atom stereocenters. The van der Waals surface area contributed by atoms with Gasteiger partial charge < -0.3 is 19.2 Å². The molecule has 12 heteroatoms. The van der Waals surface area contributed by atoms with E-state index in [0.717, 1.165) is 0 Å². The van der Waals surface area contributed by atoms with Gasteiger partial charge in [0, 0.05) is 6.20 Å². The number of para-hydroxylation sites is 1. The molecular weight excluding hydrogens is 656 g/mol.